The third kappa shape index (κ3) is 2.96. The first-order chi connectivity index (χ1) is 9.70. The van der Waals surface area contributed by atoms with E-state index in [0.717, 1.165) is 22.7 Å². The minimum absolute atomic E-state index is 0.127. The summed E-state index contributed by atoms with van der Waals surface area (Å²) in [7, 11) is 0. The molecule has 0 radical (unpaired) electrons. The molecule has 0 aliphatic carbocycles. The highest BCUT2D eigenvalue weighted by atomic mass is 19.4. The molecule has 21 heavy (non-hydrogen) atoms. The quantitative estimate of drug-likeness (QED) is 0.899. The topological polar surface area (TPSA) is 83.7 Å². The molecule has 6 nitrogen and oxygen atoms in total. The molecule has 2 rings (SSSR count). The standard InChI is InChI=1S/C12H10F3N3O3/c1-6-10(11(21)16-4-9(19)20)18-5-7(12(13,14)15)2-3-8(18)17-6/h2-3,5H,4H2,1H3,(H,16,21)(H,19,20). The molecule has 112 valence electrons. The fourth-order valence-electron chi connectivity index (χ4n) is 1.84. The maximum Gasteiger partial charge on any atom is 0.417 e. The first-order valence-corrected chi connectivity index (χ1v) is 5.76. The van der Waals surface area contributed by atoms with Crippen LogP contribution in [0.2, 0.25) is 0 Å². The third-order valence-electron chi connectivity index (χ3n) is 2.74. The number of aromatic nitrogens is 2. The smallest absolute Gasteiger partial charge is 0.417 e. The third-order valence-corrected chi connectivity index (χ3v) is 2.74. The molecular formula is C12H10F3N3O3. The van der Waals surface area contributed by atoms with Crippen LogP contribution in [-0.4, -0.2) is 32.9 Å². The van der Waals surface area contributed by atoms with Crippen LogP contribution in [0.15, 0.2) is 18.3 Å². The largest absolute Gasteiger partial charge is 0.480 e. The number of rotatable bonds is 3. The molecule has 0 aliphatic rings. The van der Waals surface area contributed by atoms with Crippen molar-refractivity contribution in [1.82, 2.24) is 14.7 Å². The van der Waals surface area contributed by atoms with Gasteiger partial charge in [0.15, 0.2) is 0 Å². The maximum absolute atomic E-state index is 12.7. The van der Waals surface area contributed by atoms with Gasteiger partial charge in [-0.05, 0) is 19.1 Å². The molecule has 0 spiro atoms. The van der Waals surface area contributed by atoms with Gasteiger partial charge in [0.1, 0.15) is 17.9 Å². The summed E-state index contributed by atoms with van der Waals surface area (Å²) in [4.78, 5) is 26.3. The van der Waals surface area contributed by atoms with Gasteiger partial charge in [-0.3, -0.25) is 14.0 Å². The molecule has 0 aliphatic heterocycles. The van der Waals surface area contributed by atoms with Crippen LogP contribution in [0.1, 0.15) is 21.7 Å². The van der Waals surface area contributed by atoms with Crippen LogP contribution < -0.4 is 5.32 Å². The Kier molecular flexibility index (Phi) is 3.58. The van der Waals surface area contributed by atoms with Crippen LogP contribution in [0.25, 0.3) is 5.65 Å². The van der Waals surface area contributed by atoms with E-state index in [0.29, 0.717) is 0 Å². The van der Waals surface area contributed by atoms with Gasteiger partial charge in [-0.15, -0.1) is 0 Å². The molecular weight excluding hydrogens is 291 g/mol. The van der Waals surface area contributed by atoms with Crippen molar-refractivity contribution in [2.45, 2.75) is 13.1 Å². The van der Waals surface area contributed by atoms with Crippen LogP contribution in [0.3, 0.4) is 0 Å². The van der Waals surface area contributed by atoms with Gasteiger partial charge < -0.3 is 10.4 Å². The lowest BCUT2D eigenvalue weighted by atomic mass is 10.2. The molecule has 0 saturated carbocycles. The zero-order valence-corrected chi connectivity index (χ0v) is 10.7. The predicted molar refractivity (Wildman–Crippen MR) is 64.9 cm³/mol. The van der Waals surface area contributed by atoms with Crippen molar-refractivity contribution in [2.24, 2.45) is 0 Å². The number of hydrogen-bond donors (Lipinski definition) is 2. The van der Waals surface area contributed by atoms with E-state index in [4.69, 9.17) is 5.11 Å². The molecule has 0 bridgehead atoms. The Morgan fingerprint density at radius 2 is 2.05 bits per heavy atom. The fourth-order valence-corrected chi connectivity index (χ4v) is 1.84. The summed E-state index contributed by atoms with van der Waals surface area (Å²) in [5.74, 6) is -2.06. The zero-order chi connectivity index (χ0) is 15.8. The number of aryl methyl sites for hydroxylation is 1. The van der Waals surface area contributed by atoms with Crippen molar-refractivity contribution in [2.75, 3.05) is 6.54 Å². The van der Waals surface area contributed by atoms with Crippen LogP contribution in [0.4, 0.5) is 13.2 Å². The van der Waals surface area contributed by atoms with Gasteiger partial charge in [-0.25, -0.2) is 4.98 Å². The average Bonchev–Trinajstić information content (AvgIpc) is 2.69. The highest BCUT2D eigenvalue weighted by molar-refractivity contribution is 5.96. The number of carboxylic acid groups (broad SMARTS) is 1. The van der Waals surface area contributed by atoms with E-state index in [1.807, 2.05) is 0 Å². The Hall–Kier alpha value is -2.58. The predicted octanol–water partition coefficient (Wildman–Crippen LogP) is 1.48. The molecule has 2 N–H and O–H groups in total. The molecule has 2 aromatic heterocycles. The van der Waals surface area contributed by atoms with E-state index in [1.54, 1.807) is 0 Å². The zero-order valence-electron chi connectivity index (χ0n) is 10.7. The van der Waals surface area contributed by atoms with Crippen molar-refractivity contribution in [1.29, 1.82) is 0 Å². The van der Waals surface area contributed by atoms with Crippen molar-refractivity contribution in [3.05, 3.63) is 35.3 Å². The highest BCUT2D eigenvalue weighted by Gasteiger charge is 2.31. The van der Waals surface area contributed by atoms with Crippen molar-refractivity contribution >= 4 is 17.5 Å². The Bertz CT molecular complexity index is 722. The van der Waals surface area contributed by atoms with Gasteiger partial charge in [0.25, 0.3) is 5.91 Å². The molecule has 0 saturated heterocycles. The average molecular weight is 301 g/mol. The molecule has 0 unspecified atom stereocenters. The fraction of sp³-hybridized carbons (Fsp3) is 0.250. The second-order valence-electron chi connectivity index (χ2n) is 4.27. The summed E-state index contributed by atoms with van der Waals surface area (Å²) in [6, 6.07) is 2.00. The minimum atomic E-state index is -4.55. The molecule has 0 fully saturated rings. The molecule has 1 amide bonds. The molecule has 2 aromatic rings. The summed E-state index contributed by atoms with van der Waals surface area (Å²) in [6.07, 6.45) is -3.80. The number of carboxylic acids is 1. The lowest BCUT2D eigenvalue weighted by molar-refractivity contribution is -0.138. The van der Waals surface area contributed by atoms with Crippen LogP contribution in [0.5, 0.6) is 0 Å². The van der Waals surface area contributed by atoms with Gasteiger partial charge in [0.05, 0.1) is 11.3 Å². The summed E-state index contributed by atoms with van der Waals surface area (Å²) < 4.78 is 39.1. The van der Waals surface area contributed by atoms with Gasteiger partial charge in [0, 0.05) is 6.20 Å². The van der Waals surface area contributed by atoms with E-state index in [1.165, 1.54) is 6.92 Å². The van der Waals surface area contributed by atoms with E-state index < -0.39 is 30.2 Å². The van der Waals surface area contributed by atoms with Crippen molar-refractivity contribution in [3.8, 4) is 0 Å². The van der Waals surface area contributed by atoms with Crippen molar-refractivity contribution in [3.63, 3.8) is 0 Å². The number of hydrogen-bond acceptors (Lipinski definition) is 3. The second-order valence-corrected chi connectivity index (χ2v) is 4.27. The lowest BCUT2D eigenvalue weighted by Gasteiger charge is -2.08. The number of pyridine rings is 1. The number of carbonyl (C=O) groups is 2. The number of nitrogens with one attached hydrogen (secondary N) is 1. The number of fused-ring (bicyclic) bond motifs is 1. The summed E-state index contributed by atoms with van der Waals surface area (Å²) in [6.45, 7) is 0.820. The summed E-state index contributed by atoms with van der Waals surface area (Å²) in [5, 5.41) is 10.6. The van der Waals surface area contributed by atoms with E-state index in [9.17, 15) is 22.8 Å². The van der Waals surface area contributed by atoms with Crippen LogP contribution >= 0.6 is 0 Å². The van der Waals surface area contributed by atoms with E-state index in [-0.39, 0.29) is 17.0 Å². The number of nitrogens with zero attached hydrogens (tertiary/aromatic N) is 2. The highest BCUT2D eigenvalue weighted by Crippen LogP contribution is 2.29. The number of alkyl halides is 3. The van der Waals surface area contributed by atoms with Gasteiger partial charge in [0.2, 0.25) is 0 Å². The normalized spacial score (nSPS) is 11.6. The summed E-state index contributed by atoms with van der Waals surface area (Å²) in [5.41, 5.74) is -0.685. The van der Waals surface area contributed by atoms with E-state index >= 15 is 0 Å². The Morgan fingerprint density at radius 1 is 1.38 bits per heavy atom. The Balaban J connectivity index is 2.49. The van der Waals surface area contributed by atoms with E-state index in [2.05, 4.69) is 10.3 Å². The number of halogens is 3. The maximum atomic E-state index is 12.7. The number of aliphatic carboxylic acids is 1. The number of carbonyl (C=O) groups excluding carboxylic acids is 1. The Morgan fingerprint density at radius 3 is 2.62 bits per heavy atom. The van der Waals surface area contributed by atoms with Gasteiger partial charge >= 0.3 is 12.1 Å². The first kappa shape index (κ1) is 14.8. The SMILES string of the molecule is Cc1nc2ccc(C(F)(F)F)cn2c1C(=O)NCC(=O)O. The summed E-state index contributed by atoms with van der Waals surface area (Å²) >= 11 is 0. The van der Waals surface area contributed by atoms with Gasteiger partial charge in [-0.1, -0.05) is 0 Å². The molecule has 0 atom stereocenters. The number of imidazole rings is 1. The molecule has 2 heterocycles. The lowest BCUT2D eigenvalue weighted by Crippen LogP contribution is -2.30. The second kappa shape index (κ2) is 5.08. The number of amides is 1. The van der Waals surface area contributed by atoms with Crippen LogP contribution in [0, 0.1) is 6.92 Å². The van der Waals surface area contributed by atoms with Crippen molar-refractivity contribution < 1.29 is 27.9 Å². The minimum Gasteiger partial charge on any atom is -0.480 e. The Labute approximate surface area is 116 Å². The monoisotopic (exact) mass is 301 g/mol. The van der Waals surface area contributed by atoms with Gasteiger partial charge in [-0.2, -0.15) is 13.2 Å². The molecule has 9 heteroatoms. The first-order valence-electron chi connectivity index (χ1n) is 5.76. The van der Waals surface area contributed by atoms with Crippen LogP contribution in [-0.2, 0) is 11.0 Å². The molecule has 0 aromatic carbocycles.